The Hall–Kier alpha value is -3.29. The number of hydrogen-bond acceptors (Lipinski definition) is 5. The summed E-state index contributed by atoms with van der Waals surface area (Å²) in [5.74, 6) is -1.31. The van der Waals surface area contributed by atoms with E-state index in [1.807, 2.05) is 0 Å². The maximum absolute atomic E-state index is 13.0. The number of hydrogen-bond donors (Lipinski definition) is 0. The number of ether oxygens (including phenoxy) is 1. The van der Waals surface area contributed by atoms with Crippen LogP contribution in [0, 0.1) is 21.8 Å². The third kappa shape index (κ3) is 4.96. The molecule has 0 spiro atoms. The summed E-state index contributed by atoms with van der Waals surface area (Å²) in [5, 5.41) is 10.9. The first-order chi connectivity index (χ1) is 13.8. The molecule has 1 atom stereocenters. The van der Waals surface area contributed by atoms with Gasteiger partial charge in [-0.2, -0.15) is 0 Å². The summed E-state index contributed by atoms with van der Waals surface area (Å²) in [6.45, 7) is 2.48. The molecule has 2 aromatic rings. The summed E-state index contributed by atoms with van der Waals surface area (Å²) in [4.78, 5) is 37.0. The van der Waals surface area contributed by atoms with Crippen LogP contribution in [0.2, 0.25) is 0 Å². The molecule has 0 saturated carbocycles. The van der Waals surface area contributed by atoms with E-state index >= 15 is 0 Å². The zero-order valence-corrected chi connectivity index (χ0v) is 15.9. The lowest BCUT2D eigenvalue weighted by molar-refractivity contribution is -0.385. The van der Waals surface area contributed by atoms with Crippen molar-refractivity contribution < 1.29 is 23.6 Å². The van der Waals surface area contributed by atoms with Crippen molar-refractivity contribution in [2.45, 2.75) is 25.9 Å². The number of nitrogens with zero attached hydrogens (tertiary/aromatic N) is 2. The predicted octanol–water partition coefficient (Wildman–Crippen LogP) is 3.89. The molecule has 7 nitrogen and oxygen atoms in total. The first-order valence-electron chi connectivity index (χ1n) is 9.35. The van der Waals surface area contributed by atoms with Crippen molar-refractivity contribution in [1.29, 1.82) is 0 Å². The Bertz CT molecular complexity index is 908. The van der Waals surface area contributed by atoms with Gasteiger partial charge in [0.1, 0.15) is 11.9 Å². The van der Waals surface area contributed by atoms with Gasteiger partial charge in [0.15, 0.2) is 0 Å². The van der Waals surface area contributed by atoms with E-state index in [-0.39, 0.29) is 23.5 Å². The van der Waals surface area contributed by atoms with E-state index in [0.717, 1.165) is 0 Å². The van der Waals surface area contributed by atoms with E-state index in [2.05, 4.69) is 0 Å². The molecule has 1 saturated heterocycles. The second kappa shape index (κ2) is 8.81. The number of nitro benzene ring substituents is 1. The number of esters is 1. The van der Waals surface area contributed by atoms with E-state index < -0.39 is 16.8 Å². The van der Waals surface area contributed by atoms with Crippen LogP contribution in [0.15, 0.2) is 48.5 Å². The van der Waals surface area contributed by atoms with Crippen LogP contribution in [0.3, 0.4) is 0 Å². The monoisotopic (exact) mass is 400 g/mol. The first-order valence-corrected chi connectivity index (χ1v) is 9.35. The highest BCUT2D eigenvalue weighted by atomic mass is 19.1. The minimum atomic E-state index is -0.610. The summed E-state index contributed by atoms with van der Waals surface area (Å²) in [7, 11) is 0. The molecule has 1 fully saturated rings. The molecule has 1 aliphatic heterocycles. The van der Waals surface area contributed by atoms with Gasteiger partial charge in [0.25, 0.3) is 11.6 Å². The minimum absolute atomic E-state index is 0.0574. The van der Waals surface area contributed by atoms with Crippen LogP contribution in [0.4, 0.5) is 10.1 Å². The quantitative estimate of drug-likeness (QED) is 0.431. The van der Waals surface area contributed by atoms with Crippen molar-refractivity contribution in [3.63, 3.8) is 0 Å². The van der Waals surface area contributed by atoms with E-state index in [4.69, 9.17) is 4.74 Å². The molecule has 1 heterocycles. The van der Waals surface area contributed by atoms with Gasteiger partial charge >= 0.3 is 5.97 Å². The maximum Gasteiger partial charge on any atom is 0.309 e. The number of likely N-dealkylation sites (tertiary alicyclic amines) is 1. The van der Waals surface area contributed by atoms with Crippen LogP contribution < -0.4 is 0 Å². The number of halogens is 1. The van der Waals surface area contributed by atoms with Gasteiger partial charge in [-0.3, -0.25) is 19.7 Å². The summed E-state index contributed by atoms with van der Waals surface area (Å²) < 4.78 is 18.5. The number of piperidine rings is 1. The van der Waals surface area contributed by atoms with Crippen LogP contribution >= 0.6 is 0 Å². The minimum Gasteiger partial charge on any atom is -0.458 e. The number of carbonyl (C=O) groups excluding carboxylic acids is 2. The van der Waals surface area contributed by atoms with Crippen molar-refractivity contribution in [2.75, 3.05) is 13.1 Å². The topological polar surface area (TPSA) is 89.8 Å². The average Bonchev–Trinajstić information content (AvgIpc) is 2.74. The van der Waals surface area contributed by atoms with Gasteiger partial charge in [-0.05, 0) is 49.6 Å². The molecule has 1 aliphatic rings. The molecule has 1 amide bonds. The van der Waals surface area contributed by atoms with Gasteiger partial charge in [0, 0.05) is 30.8 Å². The molecular weight excluding hydrogens is 379 g/mol. The van der Waals surface area contributed by atoms with Crippen molar-refractivity contribution in [3.8, 4) is 0 Å². The number of nitro groups is 1. The molecule has 0 aromatic heterocycles. The van der Waals surface area contributed by atoms with Gasteiger partial charge < -0.3 is 9.64 Å². The molecule has 2 aromatic carbocycles. The van der Waals surface area contributed by atoms with Crippen molar-refractivity contribution in [3.05, 3.63) is 75.6 Å². The zero-order valence-electron chi connectivity index (χ0n) is 15.9. The Morgan fingerprint density at radius 1 is 1.17 bits per heavy atom. The average molecular weight is 400 g/mol. The fraction of sp³-hybridized carbons (Fsp3) is 0.333. The molecule has 0 aliphatic carbocycles. The first kappa shape index (κ1) is 20.4. The molecule has 0 radical (unpaired) electrons. The van der Waals surface area contributed by atoms with Gasteiger partial charge in [-0.15, -0.1) is 0 Å². The van der Waals surface area contributed by atoms with Crippen LogP contribution in [-0.2, 0) is 9.53 Å². The summed E-state index contributed by atoms with van der Waals surface area (Å²) in [5.41, 5.74) is 0.904. The van der Waals surface area contributed by atoms with Gasteiger partial charge in [0.05, 0.1) is 10.8 Å². The summed E-state index contributed by atoms with van der Waals surface area (Å²) in [6.07, 6.45) is 0.321. The molecular formula is C21H21FN2O5. The highest BCUT2D eigenvalue weighted by Gasteiger charge is 2.30. The number of carbonyl (C=O) groups is 2. The Balaban J connectivity index is 1.54. The normalized spacial score (nSPS) is 15.6. The molecule has 29 heavy (non-hydrogen) atoms. The number of amides is 1. The summed E-state index contributed by atoms with van der Waals surface area (Å²) in [6, 6.07) is 11.4. The smallest absolute Gasteiger partial charge is 0.309 e. The third-order valence-corrected chi connectivity index (χ3v) is 5.05. The van der Waals surface area contributed by atoms with E-state index in [0.29, 0.717) is 37.1 Å². The molecule has 0 unspecified atom stereocenters. The van der Waals surface area contributed by atoms with Crippen LogP contribution in [0.25, 0.3) is 0 Å². The number of non-ortho nitro benzene ring substituents is 1. The third-order valence-electron chi connectivity index (χ3n) is 5.05. The molecule has 152 valence electrons. The SMILES string of the molecule is C[C@@H](OC(=O)C1CCN(C(=O)c2ccc(F)cc2)CC1)c1cccc([N+](=O)[O-])c1. The van der Waals surface area contributed by atoms with E-state index in [1.165, 1.54) is 36.4 Å². The lowest BCUT2D eigenvalue weighted by atomic mass is 9.96. The maximum atomic E-state index is 13.0. The summed E-state index contributed by atoms with van der Waals surface area (Å²) >= 11 is 0. The van der Waals surface area contributed by atoms with Crippen molar-refractivity contribution in [1.82, 2.24) is 4.90 Å². The van der Waals surface area contributed by atoms with Crippen LogP contribution in [0.1, 0.15) is 41.8 Å². The highest BCUT2D eigenvalue weighted by Crippen LogP contribution is 2.26. The second-order valence-electron chi connectivity index (χ2n) is 7.00. The molecule has 0 bridgehead atoms. The Labute approximate surface area is 167 Å². The number of rotatable bonds is 5. The van der Waals surface area contributed by atoms with Gasteiger partial charge in [-0.1, -0.05) is 12.1 Å². The lowest BCUT2D eigenvalue weighted by Crippen LogP contribution is -2.40. The lowest BCUT2D eigenvalue weighted by Gasteiger charge is -2.31. The zero-order chi connectivity index (χ0) is 21.0. The standard InChI is InChI=1S/C21H21FN2O5/c1-14(17-3-2-4-19(13-17)24(27)28)29-21(26)16-9-11-23(12-10-16)20(25)15-5-7-18(22)8-6-15/h2-8,13-14,16H,9-12H2,1H3/t14-/m1/s1. The Morgan fingerprint density at radius 3 is 2.45 bits per heavy atom. The number of benzene rings is 2. The molecule has 8 heteroatoms. The van der Waals surface area contributed by atoms with E-state index in [1.54, 1.807) is 24.0 Å². The molecule has 3 rings (SSSR count). The predicted molar refractivity (Wildman–Crippen MR) is 103 cm³/mol. The van der Waals surface area contributed by atoms with Crippen LogP contribution in [0.5, 0.6) is 0 Å². The van der Waals surface area contributed by atoms with Crippen molar-refractivity contribution in [2.24, 2.45) is 5.92 Å². The van der Waals surface area contributed by atoms with Gasteiger partial charge in [0.2, 0.25) is 0 Å². The Morgan fingerprint density at radius 2 is 1.83 bits per heavy atom. The fourth-order valence-electron chi connectivity index (χ4n) is 3.32. The second-order valence-corrected chi connectivity index (χ2v) is 7.00. The molecule has 0 N–H and O–H groups in total. The largest absolute Gasteiger partial charge is 0.458 e. The fourth-order valence-corrected chi connectivity index (χ4v) is 3.32. The highest BCUT2D eigenvalue weighted by molar-refractivity contribution is 5.94. The van der Waals surface area contributed by atoms with Gasteiger partial charge in [-0.25, -0.2) is 4.39 Å². The van der Waals surface area contributed by atoms with Crippen LogP contribution in [-0.4, -0.2) is 34.8 Å². The Kier molecular flexibility index (Phi) is 6.21. The van der Waals surface area contributed by atoms with Crippen molar-refractivity contribution >= 4 is 17.6 Å². The van der Waals surface area contributed by atoms with E-state index in [9.17, 15) is 24.1 Å².